The second-order valence-electron chi connectivity index (χ2n) is 3.89. The first-order valence-corrected chi connectivity index (χ1v) is 4.39. The Morgan fingerprint density at radius 3 is 2.70 bits per heavy atom. The third-order valence-electron chi connectivity index (χ3n) is 3.27. The first-order chi connectivity index (χ1) is 4.90. The molecule has 3 atom stereocenters. The van der Waals surface area contributed by atoms with Gasteiger partial charge in [-0.15, -0.1) is 0 Å². The van der Waals surface area contributed by atoms with Crippen molar-refractivity contribution in [3.63, 3.8) is 0 Å². The van der Waals surface area contributed by atoms with E-state index >= 15 is 0 Å². The van der Waals surface area contributed by atoms with Crippen LogP contribution in [0.1, 0.15) is 25.7 Å². The molecule has 0 aromatic rings. The quantitative estimate of drug-likeness (QED) is 0.570. The summed E-state index contributed by atoms with van der Waals surface area (Å²) < 4.78 is 5.18. The van der Waals surface area contributed by atoms with Crippen LogP contribution in [-0.4, -0.2) is 13.7 Å². The molecular formula is C9H16O. The first kappa shape index (κ1) is 6.66. The van der Waals surface area contributed by atoms with Crippen LogP contribution in [0.3, 0.4) is 0 Å². The van der Waals surface area contributed by atoms with E-state index in [2.05, 4.69) is 0 Å². The van der Waals surface area contributed by atoms with Gasteiger partial charge in [0, 0.05) is 13.7 Å². The fraction of sp³-hybridized carbons (Fsp3) is 1.00. The minimum absolute atomic E-state index is 0.920. The summed E-state index contributed by atoms with van der Waals surface area (Å²) >= 11 is 0. The van der Waals surface area contributed by atoms with Crippen molar-refractivity contribution >= 4 is 0 Å². The Bertz CT molecular complexity index is 122. The van der Waals surface area contributed by atoms with Gasteiger partial charge >= 0.3 is 0 Å². The van der Waals surface area contributed by atoms with Crippen LogP contribution in [0.15, 0.2) is 0 Å². The Morgan fingerprint density at radius 2 is 2.20 bits per heavy atom. The summed E-state index contributed by atoms with van der Waals surface area (Å²) in [7, 11) is 1.83. The van der Waals surface area contributed by atoms with Crippen molar-refractivity contribution in [2.45, 2.75) is 25.7 Å². The summed E-state index contributed by atoms with van der Waals surface area (Å²) in [5.74, 6) is 3.03. The van der Waals surface area contributed by atoms with Gasteiger partial charge in [-0.2, -0.15) is 0 Å². The van der Waals surface area contributed by atoms with E-state index in [4.69, 9.17) is 4.74 Å². The van der Waals surface area contributed by atoms with Gasteiger partial charge in [-0.25, -0.2) is 0 Å². The predicted molar refractivity (Wildman–Crippen MR) is 40.8 cm³/mol. The molecule has 2 saturated carbocycles. The van der Waals surface area contributed by atoms with Crippen molar-refractivity contribution in [2.24, 2.45) is 17.8 Å². The first-order valence-electron chi connectivity index (χ1n) is 4.39. The summed E-state index contributed by atoms with van der Waals surface area (Å²) in [5.41, 5.74) is 0. The average Bonchev–Trinajstić information content (AvgIpc) is 2.48. The summed E-state index contributed by atoms with van der Waals surface area (Å²) in [6.07, 6.45) is 5.95. The highest BCUT2D eigenvalue weighted by molar-refractivity contribution is 4.89. The molecule has 0 aromatic carbocycles. The lowest BCUT2D eigenvalue weighted by atomic mass is 9.90. The molecule has 1 heteroatoms. The molecule has 2 fully saturated rings. The van der Waals surface area contributed by atoms with Gasteiger partial charge in [0.2, 0.25) is 0 Å². The molecule has 1 nitrogen and oxygen atoms in total. The molecule has 0 aliphatic heterocycles. The molecule has 2 rings (SSSR count). The Balaban J connectivity index is 1.90. The van der Waals surface area contributed by atoms with Crippen LogP contribution in [0, 0.1) is 17.8 Å². The molecule has 0 spiro atoms. The summed E-state index contributed by atoms with van der Waals surface area (Å²) in [4.78, 5) is 0. The van der Waals surface area contributed by atoms with Crippen LogP contribution in [-0.2, 0) is 4.74 Å². The lowest BCUT2D eigenvalue weighted by Crippen LogP contribution is -2.15. The van der Waals surface area contributed by atoms with Gasteiger partial charge in [0.05, 0.1) is 0 Å². The van der Waals surface area contributed by atoms with Crippen LogP contribution in [0.25, 0.3) is 0 Å². The van der Waals surface area contributed by atoms with Crippen LogP contribution in [0.4, 0.5) is 0 Å². The maximum absolute atomic E-state index is 5.18. The molecule has 0 saturated heterocycles. The molecule has 0 unspecified atom stereocenters. The van der Waals surface area contributed by atoms with Gasteiger partial charge in [0.1, 0.15) is 0 Å². The number of methoxy groups -OCH3 is 1. The minimum atomic E-state index is 0.920. The molecule has 10 heavy (non-hydrogen) atoms. The molecule has 0 heterocycles. The Labute approximate surface area is 62.8 Å². The minimum Gasteiger partial charge on any atom is -0.384 e. The van der Waals surface area contributed by atoms with Crippen LogP contribution >= 0.6 is 0 Å². The molecule has 58 valence electrons. The fourth-order valence-electron chi connectivity index (χ4n) is 2.79. The summed E-state index contributed by atoms with van der Waals surface area (Å²) in [6.45, 7) is 1.02. The molecule has 0 radical (unpaired) electrons. The second kappa shape index (κ2) is 2.54. The lowest BCUT2D eigenvalue weighted by molar-refractivity contribution is 0.122. The lowest BCUT2D eigenvalue weighted by Gasteiger charge is -2.19. The molecule has 0 aromatic heterocycles. The topological polar surface area (TPSA) is 9.23 Å². The molecule has 0 N–H and O–H groups in total. The smallest absolute Gasteiger partial charge is 0.0493 e. The highest BCUT2D eigenvalue weighted by atomic mass is 16.5. The number of fused-ring (bicyclic) bond motifs is 2. The van der Waals surface area contributed by atoms with E-state index in [9.17, 15) is 0 Å². The van der Waals surface area contributed by atoms with E-state index in [-0.39, 0.29) is 0 Å². The van der Waals surface area contributed by atoms with E-state index in [1.165, 1.54) is 25.7 Å². The molecule has 2 bridgehead atoms. The molecular weight excluding hydrogens is 124 g/mol. The van der Waals surface area contributed by atoms with E-state index < -0.39 is 0 Å². The second-order valence-corrected chi connectivity index (χ2v) is 3.89. The SMILES string of the molecule is COC[C@@H]1C[C@H]2CC[C@@H]1C2. The largest absolute Gasteiger partial charge is 0.384 e. The van der Waals surface area contributed by atoms with Crippen molar-refractivity contribution in [1.29, 1.82) is 0 Å². The van der Waals surface area contributed by atoms with Crippen molar-refractivity contribution in [3.05, 3.63) is 0 Å². The van der Waals surface area contributed by atoms with Crippen molar-refractivity contribution in [3.8, 4) is 0 Å². The van der Waals surface area contributed by atoms with E-state index in [0.29, 0.717) is 0 Å². The van der Waals surface area contributed by atoms with Crippen molar-refractivity contribution in [1.82, 2.24) is 0 Å². The zero-order valence-corrected chi connectivity index (χ0v) is 6.68. The summed E-state index contributed by atoms with van der Waals surface area (Å²) in [5, 5.41) is 0. The maximum atomic E-state index is 5.18. The summed E-state index contributed by atoms with van der Waals surface area (Å²) in [6, 6.07) is 0. The van der Waals surface area contributed by atoms with Crippen molar-refractivity contribution < 1.29 is 4.74 Å². The number of hydrogen-bond acceptors (Lipinski definition) is 1. The average molecular weight is 140 g/mol. The number of hydrogen-bond donors (Lipinski definition) is 0. The van der Waals surface area contributed by atoms with Crippen molar-refractivity contribution in [2.75, 3.05) is 13.7 Å². The third-order valence-corrected chi connectivity index (χ3v) is 3.27. The normalized spacial score (nSPS) is 44.7. The standard InChI is InChI=1S/C9H16O/c1-10-6-9-5-7-2-3-8(9)4-7/h7-9H,2-6H2,1H3/t7-,8+,9-/m0/s1. The van der Waals surface area contributed by atoms with E-state index in [1.54, 1.807) is 0 Å². The van der Waals surface area contributed by atoms with Gasteiger partial charge in [-0.1, -0.05) is 6.42 Å². The van der Waals surface area contributed by atoms with Gasteiger partial charge in [0.15, 0.2) is 0 Å². The third kappa shape index (κ3) is 0.968. The van der Waals surface area contributed by atoms with Gasteiger partial charge in [-0.3, -0.25) is 0 Å². The molecule has 2 aliphatic rings. The Kier molecular flexibility index (Phi) is 1.69. The van der Waals surface area contributed by atoms with Gasteiger partial charge in [-0.05, 0) is 37.0 Å². The highest BCUT2D eigenvalue weighted by Crippen LogP contribution is 2.48. The van der Waals surface area contributed by atoms with Crippen LogP contribution < -0.4 is 0 Å². The predicted octanol–water partition coefficient (Wildman–Crippen LogP) is 2.07. The van der Waals surface area contributed by atoms with Gasteiger partial charge < -0.3 is 4.74 Å². The van der Waals surface area contributed by atoms with E-state index in [1.807, 2.05) is 7.11 Å². The molecule has 2 aliphatic carbocycles. The zero-order valence-electron chi connectivity index (χ0n) is 6.68. The fourth-order valence-corrected chi connectivity index (χ4v) is 2.79. The highest BCUT2D eigenvalue weighted by Gasteiger charge is 2.38. The maximum Gasteiger partial charge on any atom is 0.0493 e. The molecule has 0 amide bonds. The Hall–Kier alpha value is -0.0400. The number of rotatable bonds is 2. The zero-order chi connectivity index (χ0) is 6.97. The van der Waals surface area contributed by atoms with E-state index in [0.717, 1.165) is 24.4 Å². The monoisotopic (exact) mass is 140 g/mol. The van der Waals surface area contributed by atoms with Crippen LogP contribution in [0.5, 0.6) is 0 Å². The Morgan fingerprint density at radius 1 is 1.30 bits per heavy atom. The van der Waals surface area contributed by atoms with Crippen LogP contribution in [0.2, 0.25) is 0 Å². The van der Waals surface area contributed by atoms with Gasteiger partial charge in [0.25, 0.3) is 0 Å². The number of ether oxygens (including phenoxy) is 1.